The van der Waals surface area contributed by atoms with Gasteiger partial charge in [-0.05, 0) is 50.1 Å². The topological polar surface area (TPSA) is 67.9 Å². The van der Waals surface area contributed by atoms with E-state index in [0.717, 1.165) is 5.56 Å². The Morgan fingerprint density at radius 2 is 1.74 bits per heavy atom. The highest BCUT2D eigenvalue weighted by molar-refractivity contribution is 6.42. The van der Waals surface area contributed by atoms with Crippen molar-refractivity contribution in [2.75, 3.05) is 13.7 Å². The van der Waals surface area contributed by atoms with Gasteiger partial charge in [0.15, 0.2) is 18.1 Å². The summed E-state index contributed by atoms with van der Waals surface area (Å²) in [5.41, 5.74) is 0.760. The van der Waals surface area contributed by atoms with Crippen molar-refractivity contribution in [3.8, 4) is 11.5 Å². The molecule has 1 unspecified atom stereocenters. The Balaban J connectivity index is 2.26. The average Bonchev–Trinajstić information content (AvgIpc) is 2.74. The lowest BCUT2D eigenvalue weighted by atomic mass is 10.1. The summed E-state index contributed by atoms with van der Waals surface area (Å²) in [5, 5.41) is 3.70. The number of amides is 2. The number of nitrogens with one attached hydrogen (secondary N) is 1. The standard InChI is InChI=1S/C23H28Cl2N2O4/c1-5-19(23(29)26-15(2)3)27(13-16-10-11-17(24)18(25)12-16)22(28)14-31-21-9-7-6-8-20(21)30-4/h6-12,15,19H,5,13-14H2,1-4H3,(H,26,29). The summed E-state index contributed by atoms with van der Waals surface area (Å²) in [5.74, 6) is 0.425. The Kier molecular flexibility index (Phi) is 9.46. The molecule has 0 aliphatic heterocycles. The highest BCUT2D eigenvalue weighted by Crippen LogP contribution is 2.27. The number of hydrogen-bond acceptors (Lipinski definition) is 4. The first-order valence-electron chi connectivity index (χ1n) is 10.1. The van der Waals surface area contributed by atoms with Gasteiger partial charge in [0, 0.05) is 12.6 Å². The maximum absolute atomic E-state index is 13.2. The number of carbonyl (C=O) groups is 2. The van der Waals surface area contributed by atoms with Crippen LogP contribution in [0.25, 0.3) is 0 Å². The molecule has 2 aromatic rings. The van der Waals surface area contributed by atoms with E-state index in [4.69, 9.17) is 32.7 Å². The van der Waals surface area contributed by atoms with Gasteiger partial charge in [0.1, 0.15) is 6.04 Å². The van der Waals surface area contributed by atoms with Crippen LogP contribution in [0.4, 0.5) is 0 Å². The Hall–Kier alpha value is -2.44. The lowest BCUT2D eigenvalue weighted by Crippen LogP contribution is -2.51. The van der Waals surface area contributed by atoms with E-state index < -0.39 is 6.04 Å². The second-order valence-electron chi connectivity index (χ2n) is 7.30. The van der Waals surface area contributed by atoms with Gasteiger partial charge in [0.05, 0.1) is 17.2 Å². The van der Waals surface area contributed by atoms with Crippen LogP contribution in [0, 0.1) is 0 Å². The highest BCUT2D eigenvalue weighted by atomic mass is 35.5. The quantitative estimate of drug-likeness (QED) is 0.550. The maximum atomic E-state index is 13.2. The van der Waals surface area contributed by atoms with Crippen LogP contribution in [0.15, 0.2) is 42.5 Å². The summed E-state index contributed by atoms with van der Waals surface area (Å²) in [4.78, 5) is 27.5. The maximum Gasteiger partial charge on any atom is 0.261 e. The molecule has 8 heteroatoms. The molecule has 2 aromatic carbocycles. The van der Waals surface area contributed by atoms with E-state index in [9.17, 15) is 9.59 Å². The summed E-state index contributed by atoms with van der Waals surface area (Å²) < 4.78 is 11.0. The third-order valence-electron chi connectivity index (χ3n) is 4.57. The smallest absolute Gasteiger partial charge is 0.261 e. The fourth-order valence-corrected chi connectivity index (χ4v) is 3.42. The molecule has 1 atom stereocenters. The van der Waals surface area contributed by atoms with Crippen LogP contribution >= 0.6 is 23.2 Å². The summed E-state index contributed by atoms with van der Waals surface area (Å²) in [6.45, 7) is 5.56. The van der Waals surface area contributed by atoms with Crippen molar-refractivity contribution in [1.82, 2.24) is 10.2 Å². The molecule has 2 rings (SSSR count). The molecule has 0 spiro atoms. The first-order valence-corrected chi connectivity index (χ1v) is 10.8. The number of rotatable bonds is 10. The van der Waals surface area contributed by atoms with E-state index in [0.29, 0.717) is 28.0 Å². The summed E-state index contributed by atoms with van der Waals surface area (Å²) >= 11 is 12.2. The van der Waals surface area contributed by atoms with Crippen molar-refractivity contribution >= 4 is 35.0 Å². The van der Waals surface area contributed by atoms with Crippen molar-refractivity contribution in [2.24, 2.45) is 0 Å². The number of methoxy groups -OCH3 is 1. The molecule has 0 bridgehead atoms. The van der Waals surface area contributed by atoms with E-state index in [1.54, 1.807) is 36.4 Å². The van der Waals surface area contributed by atoms with Gasteiger partial charge in [-0.25, -0.2) is 0 Å². The third kappa shape index (κ3) is 7.04. The van der Waals surface area contributed by atoms with Gasteiger partial charge < -0.3 is 19.7 Å². The SMILES string of the molecule is CCC(C(=O)NC(C)C)N(Cc1ccc(Cl)c(Cl)c1)C(=O)COc1ccccc1OC. The average molecular weight is 467 g/mol. The van der Waals surface area contributed by atoms with E-state index in [1.807, 2.05) is 26.8 Å². The zero-order valence-electron chi connectivity index (χ0n) is 18.2. The summed E-state index contributed by atoms with van der Waals surface area (Å²) in [6.07, 6.45) is 0.445. The number of ether oxygens (including phenoxy) is 2. The molecule has 0 fully saturated rings. The Morgan fingerprint density at radius 1 is 1.06 bits per heavy atom. The van der Waals surface area contributed by atoms with Gasteiger partial charge in [-0.2, -0.15) is 0 Å². The molecule has 0 aliphatic rings. The van der Waals surface area contributed by atoms with E-state index in [2.05, 4.69) is 5.32 Å². The molecular weight excluding hydrogens is 439 g/mol. The normalized spacial score (nSPS) is 11.7. The van der Waals surface area contributed by atoms with Crippen LogP contribution in [-0.2, 0) is 16.1 Å². The molecule has 168 valence electrons. The minimum atomic E-state index is -0.661. The van der Waals surface area contributed by atoms with Gasteiger partial charge in [0.25, 0.3) is 5.91 Å². The van der Waals surface area contributed by atoms with E-state index in [-0.39, 0.29) is 31.0 Å². The van der Waals surface area contributed by atoms with Crippen LogP contribution in [0.1, 0.15) is 32.8 Å². The molecule has 0 aromatic heterocycles. The van der Waals surface area contributed by atoms with Crippen molar-refractivity contribution < 1.29 is 19.1 Å². The second kappa shape index (κ2) is 11.8. The zero-order valence-corrected chi connectivity index (χ0v) is 19.7. The van der Waals surface area contributed by atoms with Gasteiger partial charge in [0.2, 0.25) is 5.91 Å². The Morgan fingerprint density at radius 3 is 2.32 bits per heavy atom. The molecule has 0 saturated heterocycles. The van der Waals surface area contributed by atoms with Gasteiger partial charge in [-0.1, -0.05) is 48.3 Å². The molecule has 0 radical (unpaired) electrons. The number of para-hydroxylation sites is 2. The fraction of sp³-hybridized carbons (Fsp3) is 0.391. The Labute approximate surface area is 193 Å². The zero-order chi connectivity index (χ0) is 23.0. The summed E-state index contributed by atoms with van der Waals surface area (Å²) in [7, 11) is 1.53. The first kappa shape index (κ1) is 24.8. The first-order chi connectivity index (χ1) is 14.8. The Bertz CT molecular complexity index is 905. The molecule has 0 saturated carbocycles. The van der Waals surface area contributed by atoms with Crippen LogP contribution in [0.2, 0.25) is 10.0 Å². The number of carbonyl (C=O) groups excluding carboxylic acids is 2. The summed E-state index contributed by atoms with van der Waals surface area (Å²) in [6, 6.07) is 11.5. The highest BCUT2D eigenvalue weighted by Gasteiger charge is 2.29. The van der Waals surface area contributed by atoms with Gasteiger partial charge in [-0.15, -0.1) is 0 Å². The van der Waals surface area contributed by atoms with E-state index >= 15 is 0 Å². The monoisotopic (exact) mass is 466 g/mol. The van der Waals surface area contributed by atoms with Crippen molar-refractivity contribution in [3.63, 3.8) is 0 Å². The minimum Gasteiger partial charge on any atom is -0.493 e. The minimum absolute atomic E-state index is 0.0479. The van der Waals surface area contributed by atoms with Crippen LogP contribution in [0.3, 0.4) is 0 Å². The molecule has 0 aliphatic carbocycles. The van der Waals surface area contributed by atoms with Gasteiger partial charge in [-0.3, -0.25) is 9.59 Å². The molecular formula is C23H28Cl2N2O4. The molecule has 1 N–H and O–H groups in total. The second-order valence-corrected chi connectivity index (χ2v) is 8.11. The molecule has 2 amide bonds. The predicted octanol–water partition coefficient (Wildman–Crippen LogP) is 4.71. The number of benzene rings is 2. The van der Waals surface area contributed by atoms with Crippen molar-refractivity contribution in [2.45, 2.75) is 45.8 Å². The number of nitrogens with zero attached hydrogens (tertiary/aromatic N) is 1. The van der Waals surface area contributed by atoms with Crippen LogP contribution in [0.5, 0.6) is 11.5 Å². The largest absolute Gasteiger partial charge is 0.493 e. The van der Waals surface area contributed by atoms with Crippen molar-refractivity contribution in [1.29, 1.82) is 0 Å². The number of halogens is 2. The van der Waals surface area contributed by atoms with Crippen LogP contribution in [-0.4, -0.2) is 42.5 Å². The third-order valence-corrected chi connectivity index (χ3v) is 5.31. The molecule has 0 heterocycles. The lowest BCUT2D eigenvalue weighted by Gasteiger charge is -2.31. The van der Waals surface area contributed by atoms with Crippen LogP contribution < -0.4 is 14.8 Å². The predicted molar refractivity (Wildman–Crippen MR) is 123 cm³/mol. The van der Waals surface area contributed by atoms with E-state index in [1.165, 1.54) is 12.0 Å². The fourth-order valence-electron chi connectivity index (χ4n) is 3.10. The lowest BCUT2D eigenvalue weighted by molar-refractivity contribution is -0.143. The molecule has 31 heavy (non-hydrogen) atoms. The molecule has 6 nitrogen and oxygen atoms in total. The van der Waals surface area contributed by atoms with Crippen molar-refractivity contribution in [3.05, 3.63) is 58.1 Å². The van der Waals surface area contributed by atoms with Gasteiger partial charge >= 0.3 is 0 Å². The number of hydrogen-bond donors (Lipinski definition) is 1.